The first-order chi connectivity index (χ1) is 10.4. The van der Waals surface area contributed by atoms with E-state index in [-0.39, 0.29) is 10.8 Å². The highest BCUT2D eigenvalue weighted by molar-refractivity contribution is 9.10. The summed E-state index contributed by atoms with van der Waals surface area (Å²) >= 11 is 2.39. The van der Waals surface area contributed by atoms with Crippen LogP contribution in [-0.2, 0) is 17.8 Å². The van der Waals surface area contributed by atoms with Gasteiger partial charge in [0, 0.05) is 22.0 Å². The Balaban J connectivity index is 2.27. The molecule has 0 amide bonds. The second-order valence-corrected chi connectivity index (χ2v) is 8.96. The first-order valence-corrected chi connectivity index (χ1v) is 9.14. The second kappa shape index (κ2) is 7.59. The predicted molar refractivity (Wildman–Crippen MR) is 95.9 cm³/mol. The second-order valence-electron chi connectivity index (χ2n) is 6.11. The van der Waals surface area contributed by atoms with Gasteiger partial charge < -0.3 is 4.55 Å². The van der Waals surface area contributed by atoms with Gasteiger partial charge in [0.15, 0.2) is 0 Å². The normalized spacial score (nSPS) is 14.6. The van der Waals surface area contributed by atoms with Crippen molar-refractivity contribution in [3.05, 3.63) is 64.4 Å². The molecule has 1 heterocycles. The van der Waals surface area contributed by atoms with Crippen molar-refractivity contribution >= 4 is 27.3 Å². The van der Waals surface area contributed by atoms with Gasteiger partial charge >= 0.3 is 0 Å². The third kappa shape index (κ3) is 4.81. The average molecular weight is 381 g/mol. The summed E-state index contributed by atoms with van der Waals surface area (Å²) < 4.78 is 16.4. The first-order valence-electron chi connectivity index (χ1n) is 7.20. The molecule has 2 aromatic rings. The monoisotopic (exact) mass is 380 g/mol. The van der Waals surface area contributed by atoms with E-state index in [0.29, 0.717) is 0 Å². The summed E-state index contributed by atoms with van der Waals surface area (Å²) in [5.74, 6) is 0. The molecule has 0 fully saturated rings. The Bertz CT molecular complexity index is 601. The minimum Gasteiger partial charge on any atom is -0.598 e. The maximum absolute atomic E-state index is 12.5. The number of hydrogen-bond acceptors (Lipinski definition) is 3. The van der Waals surface area contributed by atoms with Crippen LogP contribution in [0.3, 0.4) is 0 Å². The lowest BCUT2D eigenvalue weighted by atomic mass is 10.0. The fraction of sp³-hybridized carbons (Fsp3) is 0.353. The summed E-state index contributed by atoms with van der Waals surface area (Å²) in [5, 5.41) is 0. The zero-order valence-electron chi connectivity index (χ0n) is 13.0. The van der Waals surface area contributed by atoms with Gasteiger partial charge in [-0.15, -0.1) is 4.72 Å². The number of aromatic nitrogens is 1. The van der Waals surface area contributed by atoms with E-state index in [9.17, 15) is 4.55 Å². The highest BCUT2D eigenvalue weighted by Gasteiger charge is 2.31. The van der Waals surface area contributed by atoms with Crippen LogP contribution in [0.15, 0.2) is 53.1 Å². The maximum Gasteiger partial charge on any atom is 0.136 e. The van der Waals surface area contributed by atoms with Crippen molar-refractivity contribution in [2.45, 2.75) is 38.0 Å². The topological polar surface area (TPSA) is 48.0 Å². The number of benzene rings is 1. The van der Waals surface area contributed by atoms with Crippen molar-refractivity contribution in [1.82, 2.24) is 9.71 Å². The minimum absolute atomic E-state index is 0.113. The lowest BCUT2D eigenvalue weighted by molar-refractivity contribution is 0.518. The van der Waals surface area contributed by atoms with Crippen molar-refractivity contribution in [3.63, 3.8) is 0 Å². The Morgan fingerprint density at radius 2 is 1.86 bits per heavy atom. The van der Waals surface area contributed by atoms with Crippen LogP contribution in [-0.4, -0.2) is 14.3 Å². The molecule has 1 N–H and O–H groups in total. The quantitative estimate of drug-likeness (QED) is 0.791. The molecule has 22 heavy (non-hydrogen) atoms. The van der Waals surface area contributed by atoms with Gasteiger partial charge in [0.05, 0.1) is 11.7 Å². The van der Waals surface area contributed by atoms with Crippen molar-refractivity contribution < 1.29 is 4.55 Å². The van der Waals surface area contributed by atoms with Crippen molar-refractivity contribution in [3.8, 4) is 0 Å². The van der Waals surface area contributed by atoms with E-state index < -0.39 is 11.4 Å². The molecule has 5 heteroatoms. The molecular formula is C17H21BrN2OS. The number of halogens is 1. The van der Waals surface area contributed by atoms with Crippen LogP contribution < -0.4 is 4.72 Å². The van der Waals surface area contributed by atoms with Gasteiger partial charge in [-0.3, -0.25) is 4.98 Å². The Morgan fingerprint density at radius 1 is 1.18 bits per heavy atom. The molecule has 3 nitrogen and oxygen atoms in total. The smallest absolute Gasteiger partial charge is 0.136 e. The molecule has 0 saturated heterocycles. The summed E-state index contributed by atoms with van der Waals surface area (Å²) in [7, 11) is 0. The van der Waals surface area contributed by atoms with Gasteiger partial charge in [-0.2, -0.15) is 0 Å². The molecule has 118 valence electrons. The number of rotatable bonds is 5. The predicted octanol–water partition coefficient (Wildman–Crippen LogP) is 4.18. The lowest BCUT2D eigenvalue weighted by Gasteiger charge is -2.28. The van der Waals surface area contributed by atoms with E-state index in [1.54, 1.807) is 6.20 Å². The van der Waals surface area contributed by atoms with E-state index in [1.165, 1.54) is 5.56 Å². The van der Waals surface area contributed by atoms with Crippen LogP contribution >= 0.6 is 15.9 Å². The van der Waals surface area contributed by atoms with Crippen LogP contribution in [0, 0.1) is 0 Å². The van der Waals surface area contributed by atoms with Gasteiger partial charge in [0.25, 0.3) is 0 Å². The van der Waals surface area contributed by atoms with E-state index in [1.807, 2.05) is 51.1 Å². The van der Waals surface area contributed by atoms with Crippen LogP contribution in [0.2, 0.25) is 0 Å². The molecule has 0 bridgehead atoms. The highest BCUT2D eigenvalue weighted by atomic mass is 79.9. The SMILES string of the molecule is CC(C)(C)[S+]([O-])NC(Cc1ccccc1)c1ncccc1Br. The fourth-order valence-corrected chi connectivity index (χ4v) is 3.34. The molecule has 0 aliphatic rings. The van der Waals surface area contributed by atoms with Gasteiger partial charge in [0.1, 0.15) is 4.75 Å². The van der Waals surface area contributed by atoms with E-state index >= 15 is 0 Å². The molecule has 0 aliphatic heterocycles. The molecule has 0 spiro atoms. The van der Waals surface area contributed by atoms with Crippen LogP contribution in [0.1, 0.15) is 38.1 Å². The summed E-state index contributed by atoms with van der Waals surface area (Å²) in [6, 6.07) is 13.9. The standard InChI is InChI=1S/C17H21BrN2OS/c1-17(2,3)22(21)20-15(12-13-8-5-4-6-9-13)16-14(18)10-7-11-19-16/h4-11,15,20H,12H2,1-3H3. The Morgan fingerprint density at radius 3 is 2.45 bits per heavy atom. The van der Waals surface area contributed by atoms with Gasteiger partial charge in [-0.25, -0.2) is 0 Å². The Labute approximate surface area is 144 Å². The first kappa shape index (κ1) is 17.5. The number of pyridine rings is 1. The van der Waals surface area contributed by atoms with E-state index in [0.717, 1.165) is 16.6 Å². The largest absolute Gasteiger partial charge is 0.598 e. The van der Waals surface area contributed by atoms with Crippen LogP contribution in [0.25, 0.3) is 0 Å². The maximum atomic E-state index is 12.5. The molecular weight excluding hydrogens is 360 g/mol. The fourth-order valence-electron chi connectivity index (χ4n) is 2.00. The zero-order valence-corrected chi connectivity index (χ0v) is 15.4. The zero-order chi connectivity index (χ0) is 16.2. The summed E-state index contributed by atoms with van der Waals surface area (Å²) in [6.45, 7) is 5.88. The average Bonchev–Trinajstić information content (AvgIpc) is 2.47. The minimum atomic E-state index is -1.16. The van der Waals surface area contributed by atoms with Crippen molar-refractivity contribution in [1.29, 1.82) is 0 Å². The summed E-state index contributed by atoms with van der Waals surface area (Å²) in [5.41, 5.74) is 2.06. The van der Waals surface area contributed by atoms with Crippen molar-refractivity contribution in [2.24, 2.45) is 0 Å². The van der Waals surface area contributed by atoms with Gasteiger partial charge in [-0.1, -0.05) is 30.3 Å². The Hall–Kier alpha value is -0.880. The van der Waals surface area contributed by atoms with E-state index in [2.05, 4.69) is 37.8 Å². The highest BCUT2D eigenvalue weighted by Crippen LogP contribution is 2.26. The molecule has 2 rings (SSSR count). The molecule has 0 radical (unpaired) electrons. The Kier molecular flexibility index (Phi) is 6.03. The summed E-state index contributed by atoms with van der Waals surface area (Å²) in [4.78, 5) is 4.47. The van der Waals surface area contributed by atoms with Gasteiger partial charge in [-0.05, 0) is 60.8 Å². The number of nitrogens with zero attached hydrogens (tertiary/aromatic N) is 1. The molecule has 0 aliphatic carbocycles. The third-order valence-corrected chi connectivity index (χ3v) is 5.49. The molecule has 0 saturated carbocycles. The van der Waals surface area contributed by atoms with E-state index in [4.69, 9.17) is 0 Å². The number of nitrogens with one attached hydrogen (secondary N) is 1. The molecule has 2 unspecified atom stereocenters. The number of hydrogen-bond donors (Lipinski definition) is 1. The molecule has 1 aromatic heterocycles. The van der Waals surface area contributed by atoms with Crippen LogP contribution in [0.5, 0.6) is 0 Å². The summed E-state index contributed by atoms with van der Waals surface area (Å²) in [6.07, 6.45) is 2.50. The lowest BCUT2D eigenvalue weighted by Crippen LogP contribution is -2.42. The molecule has 2 atom stereocenters. The van der Waals surface area contributed by atoms with Gasteiger partial charge in [0.2, 0.25) is 0 Å². The third-order valence-electron chi connectivity index (χ3n) is 3.21. The van der Waals surface area contributed by atoms with Crippen LogP contribution in [0.4, 0.5) is 0 Å². The molecule has 1 aromatic carbocycles. The van der Waals surface area contributed by atoms with Crippen molar-refractivity contribution in [2.75, 3.05) is 0 Å².